The Bertz CT molecular complexity index is 434. The topological polar surface area (TPSA) is 40.6 Å². The molecule has 2 amide bonds. The predicted molar refractivity (Wildman–Crippen MR) is 65.0 cm³/mol. The third kappa shape index (κ3) is 1.73. The second kappa shape index (κ2) is 4.47. The van der Waals surface area contributed by atoms with Gasteiger partial charge in [-0.2, -0.15) is 0 Å². The lowest BCUT2D eigenvalue weighted by molar-refractivity contribution is 0.0123. The van der Waals surface area contributed by atoms with Crippen LogP contribution >= 0.6 is 12.4 Å². The molecule has 1 aromatic rings. The zero-order chi connectivity index (χ0) is 11.1. The Labute approximate surface area is 106 Å². The van der Waals surface area contributed by atoms with Crippen LogP contribution < -0.4 is 0 Å². The molecule has 0 bridgehead atoms. The zero-order valence-corrected chi connectivity index (χ0v) is 10.1. The fourth-order valence-electron chi connectivity index (χ4n) is 2.33. The standard InChI is InChI=1S/C12H12N2O2.ClH/c15-11-9-5-1-2-6-10(9)12(16)14(11)13-7-3-4-8-13;/h1-2,5-6H,3-4,7-8H2;1H. The molecule has 0 aliphatic carbocycles. The minimum Gasteiger partial charge on any atom is -0.267 e. The number of carbonyl (C=O) groups excluding carboxylic acids is 2. The molecule has 90 valence electrons. The van der Waals surface area contributed by atoms with Gasteiger partial charge in [0.25, 0.3) is 11.8 Å². The number of benzene rings is 1. The van der Waals surface area contributed by atoms with Gasteiger partial charge in [-0.05, 0) is 25.0 Å². The maximum atomic E-state index is 12.1. The van der Waals surface area contributed by atoms with E-state index in [-0.39, 0.29) is 24.2 Å². The Hall–Kier alpha value is -1.39. The molecule has 1 saturated heterocycles. The first kappa shape index (κ1) is 12.1. The molecule has 0 unspecified atom stereocenters. The fourth-order valence-corrected chi connectivity index (χ4v) is 2.33. The first-order chi connectivity index (χ1) is 7.79. The van der Waals surface area contributed by atoms with Crippen molar-refractivity contribution in [3.63, 3.8) is 0 Å². The van der Waals surface area contributed by atoms with Gasteiger partial charge in [-0.15, -0.1) is 12.4 Å². The molecule has 2 aliphatic heterocycles. The number of hydrogen-bond acceptors (Lipinski definition) is 3. The first-order valence-corrected chi connectivity index (χ1v) is 5.52. The van der Waals surface area contributed by atoms with Crippen LogP contribution in [0.1, 0.15) is 33.6 Å². The van der Waals surface area contributed by atoms with E-state index in [1.807, 2.05) is 5.01 Å². The highest BCUT2D eigenvalue weighted by atomic mass is 35.5. The largest absolute Gasteiger partial charge is 0.276 e. The minimum atomic E-state index is -0.178. The summed E-state index contributed by atoms with van der Waals surface area (Å²) < 4.78 is 0. The molecule has 17 heavy (non-hydrogen) atoms. The van der Waals surface area contributed by atoms with Gasteiger partial charge < -0.3 is 0 Å². The van der Waals surface area contributed by atoms with Crippen molar-refractivity contribution in [1.29, 1.82) is 0 Å². The second-order valence-electron chi connectivity index (χ2n) is 4.13. The van der Waals surface area contributed by atoms with Gasteiger partial charge in [-0.3, -0.25) is 9.59 Å². The van der Waals surface area contributed by atoms with E-state index in [2.05, 4.69) is 0 Å². The Kier molecular flexibility index (Phi) is 3.17. The van der Waals surface area contributed by atoms with Crippen LogP contribution in [0.3, 0.4) is 0 Å². The number of carbonyl (C=O) groups is 2. The van der Waals surface area contributed by atoms with Crippen molar-refractivity contribution in [2.75, 3.05) is 13.1 Å². The molecule has 5 heteroatoms. The van der Waals surface area contributed by atoms with Gasteiger partial charge in [0.05, 0.1) is 11.1 Å². The summed E-state index contributed by atoms with van der Waals surface area (Å²) in [6.45, 7) is 1.59. The molecule has 4 nitrogen and oxygen atoms in total. The number of hydrogen-bond donors (Lipinski definition) is 0. The van der Waals surface area contributed by atoms with Crippen LogP contribution in [-0.4, -0.2) is 34.9 Å². The van der Waals surface area contributed by atoms with E-state index in [0.717, 1.165) is 25.9 Å². The van der Waals surface area contributed by atoms with Crippen LogP contribution in [0.2, 0.25) is 0 Å². The fraction of sp³-hybridized carbons (Fsp3) is 0.333. The van der Waals surface area contributed by atoms with Crippen molar-refractivity contribution in [3.8, 4) is 0 Å². The van der Waals surface area contributed by atoms with E-state index in [0.29, 0.717) is 11.1 Å². The summed E-state index contributed by atoms with van der Waals surface area (Å²) in [5.41, 5.74) is 1.05. The zero-order valence-electron chi connectivity index (χ0n) is 9.26. The highest BCUT2D eigenvalue weighted by Crippen LogP contribution is 2.25. The summed E-state index contributed by atoms with van der Waals surface area (Å²) in [5.74, 6) is -0.356. The molecule has 2 aliphatic rings. The molecule has 3 rings (SSSR count). The minimum absolute atomic E-state index is 0. The van der Waals surface area contributed by atoms with E-state index < -0.39 is 0 Å². The Balaban J connectivity index is 0.00000108. The molecule has 0 atom stereocenters. The van der Waals surface area contributed by atoms with Crippen molar-refractivity contribution in [3.05, 3.63) is 35.4 Å². The van der Waals surface area contributed by atoms with Gasteiger partial charge >= 0.3 is 0 Å². The smallest absolute Gasteiger partial charge is 0.267 e. The Morgan fingerprint density at radius 3 is 1.82 bits per heavy atom. The monoisotopic (exact) mass is 252 g/mol. The lowest BCUT2D eigenvalue weighted by atomic mass is 10.1. The quantitative estimate of drug-likeness (QED) is 0.715. The van der Waals surface area contributed by atoms with Crippen molar-refractivity contribution in [1.82, 2.24) is 10.0 Å². The molecule has 1 fully saturated rings. The third-order valence-electron chi connectivity index (χ3n) is 3.14. The number of nitrogens with zero attached hydrogens (tertiary/aromatic N) is 2. The normalized spacial score (nSPS) is 19.4. The molecule has 0 aromatic heterocycles. The number of hydrazine groups is 1. The summed E-state index contributed by atoms with van der Waals surface area (Å²) in [6, 6.07) is 7.01. The third-order valence-corrected chi connectivity index (χ3v) is 3.14. The van der Waals surface area contributed by atoms with Gasteiger partial charge in [0.1, 0.15) is 0 Å². The van der Waals surface area contributed by atoms with Crippen molar-refractivity contribution >= 4 is 24.2 Å². The molecule has 2 heterocycles. The number of halogens is 1. The molecule has 0 saturated carbocycles. The number of rotatable bonds is 1. The summed E-state index contributed by atoms with van der Waals surface area (Å²) >= 11 is 0. The van der Waals surface area contributed by atoms with Crippen LogP contribution in [0.5, 0.6) is 0 Å². The number of fused-ring (bicyclic) bond motifs is 1. The Morgan fingerprint density at radius 2 is 1.35 bits per heavy atom. The summed E-state index contributed by atoms with van der Waals surface area (Å²) in [7, 11) is 0. The van der Waals surface area contributed by atoms with Crippen molar-refractivity contribution in [2.24, 2.45) is 0 Å². The predicted octanol–water partition coefficient (Wildman–Crippen LogP) is 1.72. The highest BCUT2D eigenvalue weighted by Gasteiger charge is 2.39. The first-order valence-electron chi connectivity index (χ1n) is 5.52. The van der Waals surface area contributed by atoms with Gasteiger partial charge in [0, 0.05) is 13.1 Å². The van der Waals surface area contributed by atoms with Crippen molar-refractivity contribution in [2.45, 2.75) is 12.8 Å². The van der Waals surface area contributed by atoms with Crippen LogP contribution in [-0.2, 0) is 0 Å². The van der Waals surface area contributed by atoms with E-state index in [4.69, 9.17) is 0 Å². The Morgan fingerprint density at radius 1 is 0.882 bits per heavy atom. The van der Waals surface area contributed by atoms with Gasteiger partial charge in [-0.25, -0.2) is 10.0 Å². The summed E-state index contributed by atoms with van der Waals surface area (Å²) in [6.07, 6.45) is 2.10. The van der Waals surface area contributed by atoms with Gasteiger partial charge in [-0.1, -0.05) is 12.1 Å². The van der Waals surface area contributed by atoms with E-state index >= 15 is 0 Å². The van der Waals surface area contributed by atoms with E-state index in [1.165, 1.54) is 5.01 Å². The lowest BCUT2D eigenvalue weighted by Gasteiger charge is -2.24. The van der Waals surface area contributed by atoms with Gasteiger partial charge in [0.2, 0.25) is 0 Å². The number of imide groups is 1. The lowest BCUT2D eigenvalue weighted by Crippen LogP contribution is -2.44. The van der Waals surface area contributed by atoms with E-state index in [9.17, 15) is 9.59 Å². The maximum Gasteiger partial charge on any atom is 0.276 e. The van der Waals surface area contributed by atoms with Crippen molar-refractivity contribution < 1.29 is 9.59 Å². The average molecular weight is 253 g/mol. The van der Waals surface area contributed by atoms with E-state index in [1.54, 1.807) is 24.3 Å². The van der Waals surface area contributed by atoms with Crippen LogP contribution in [0.15, 0.2) is 24.3 Å². The summed E-state index contributed by atoms with van der Waals surface area (Å²) in [5, 5.41) is 3.16. The molecular weight excluding hydrogens is 240 g/mol. The maximum absolute atomic E-state index is 12.1. The molecule has 0 N–H and O–H groups in total. The number of amides is 2. The SMILES string of the molecule is Cl.O=C1c2ccccc2C(=O)N1N1CCCC1. The molecular formula is C12H13ClN2O2. The van der Waals surface area contributed by atoms with Gasteiger partial charge in [0.15, 0.2) is 0 Å². The molecule has 0 radical (unpaired) electrons. The van der Waals surface area contributed by atoms with Crippen LogP contribution in [0.25, 0.3) is 0 Å². The molecule has 1 aromatic carbocycles. The second-order valence-corrected chi connectivity index (χ2v) is 4.13. The van der Waals surface area contributed by atoms with Crippen LogP contribution in [0.4, 0.5) is 0 Å². The van der Waals surface area contributed by atoms with Crippen LogP contribution in [0, 0.1) is 0 Å². The summed E-state index contributed by atoms with van der Waals surface area (Å²) in [4.78, 5) is 24.1. The average Bonchev–Trinajstić information content (AvgIpc) is 2.89. The highest BCUT2D eigenvalue weighted by molar-refractivity contribution is 6.20. The molecule has 0 spiro atoms.